The first-order chi connectivity index (χ1) is 9.48. The van der Waals surface area contributed by atoms with Gasteiger partial charge in [-0.3, -0.25) is 0 Å². The molecule has 0 aliphatic heterocycles. The molecule has 0 aromatic heterocycles. The minimum atomic E-state index is -0.268. The van der Waals surface area contributed by atoms with Crippen molar-refractivity contribution in [1.29, 1.82) is 5.26 Å². The third-order valence-electron chi connectivity index (χ3n) is 3.09. The topological polar surface area (TPSA) is 45.0 Å². The number of benzene rings is 1. The zero-order valence-electron chi connectivity index (χ0n) is 12.5. The lowest BCUT2D eigenvalue weighted by molar-refractivity contribution is 0.281. The van der Waals surface area contributed by atoms with Gasteiger partial charge in [-0.2, -0.15) is 5.26 Å². The highest BCUT2D eigenvalue weighted by Gasteiger charge is 2.15. The molecule has 0 heterocycles. The predicted molar refractivity (Wildman–Crippen MR) is 85.6 cm³/mol. The van der Waals surface area contributed by atoms with Gasteiger partial charge in [0, 0.05) is 16.6 Å². The van der Waals surface area contributed by atoms with E-state index in [2.05, 4.69) is 40.3 Å². The summed E-state index contributed by atoms with van der Waals surface area (Å²) in [4.78, 5) is 0. The lowest BCUT2D eigenvalue weighted by Crippen LogP contribution is -2.14. The molecule has 110 valence electrons. The standard InChI is InChI=1S/C16H23BrN2O/c1-4-19-11-13-10-14(17)6-7-15(13)20-9-5-8-16(2,3)12-18/h6-7,10,19H,4-5,8-9,11H2,1-3H3. The van der Waals surface area contributed by atoms with Gasteiger partial charge in [-0.05, 0) is 51.4 Å². The number of hydrogen-bond donors (Lipinski definition) is 1. The maximum absolute atomic E-state index is 8.98. The molecule has 0 unspecified atom stereocenters. The molecular formula is C16H23BrN2O. The minimum absolute atomic E-state index is 0.268. The quantitative estimate of drug-likeness (QED) is 0.720. The molecule has 1 aromatic carbocycles. The predicted octanol–water partition coefficient (Wildman–Crippen LogP) is 4.27. The van der Waals surface area contributed by atoms with E-state index in [0.717, 1.165) is 41.7 Å². The van der Waals surface area contributed by atoms with Gasteiger partial charge in [0.1, 0.15) is 5.75 Å². The molecule has 0 bridgehead atoms. The number of halogens is 1. The number of nitrogens with zero attached hydrogens (tertiary/aromatic N) is 1. The van der Waals surface area contributed by atoms with E-state index in [4.69, 9.17) is 10.00 Å². The summed E-state index contributed by atoms with van der Waals surface area (Å²) in [5.41, 5.74) is 0.885. The molecule has 1 N–H and O–H groups in total. The largest absolute Gasteiger partial charge is 0.493 e. The third-order valence-corrected chi connectivity index (χ3v) is 3.59. The van der Waals surface area contributed by atoms with E-state index in [1.54, 1.807) is 0 Å². The van der Waals surface area contributed by atoms with Gasteiger partial charge in [0.2, 0.25) is 0 Å². The Bertz CT molecular complexity index is 466. The first-order valence-electron chi connectivity index (χ1n) is 7.01. The number of hydrogen-bond acceptors (Lipinski definition) is 3. The van der Waals surface area contributed by atoms with Gasteiger partial charge in [0.15, 0.2) is 0 Å². The smallest absolute Gasteiger partial charge is 0.123 e. The average molecular weight is 339 g/mol. The summed E-state index contributed by atoms with van der Waals surface area (Å²) >= 11 is 3.49. The van der Waals surface area contributed by atoms with Crippen LogP contribution in [0.2, 0.25) is 0 Å². The molecule has 0 aliphatic carbocycles. The second-order valence-corrected chi connectivity index (χ2v) is 6.40. The Labute approximate surface area is 130 Å². The van der Waals surface area contributed by atoms with Gasteiger partial charge in [-0.1, -0.05) is 22.9 Å². The van der Waals surface area contributed by atoms with Gasteiger partial charge in [-0.25, -0.2) is 0 Å². The van der Waals surface area contributed by atoms with Crippen LogP contribution in [0.5, 0.6) is 5.75 Å². The van der Waals surface area contributed by atoms with Gasteiger partial charge in [0.05, 0.1) is 18.1 Å². The van der Waals surface area contributed by atoms with E-state index < -0.39 is 0 Å². The molecule has 0 aliphatic rings. The number of nitrogens with one attached hydrogen (secondary N) is 1. The van der Waals surface area contributed by atoms with Crippen LogP contribution in [0.3, 0.4) is 0 Å². The number of rotatable bonds is 8. The van der Waals surface area contributed by atoms with E-state index >= 15 is 0 Å². The molecule has 0 spiro atoms. The van der Waals surface area contributed by atoms with Crippen molar-refractivity contribution >= 4 is 15.9 Å². The maximum atomic E-state index is 8.98. The molecule has 0 fully saturated rings. The zero-order chi connectivity index (χ0) is 15.0. The van der Waals surface area contributed by atoms with E-state index in [1.165, 1.54) is 0 Å². The van der Waals surface area contributed by atoms with Crippen LogP contribution in [0, 0.1) is 16.7 Å². The van der Waals surface area contributed by atoms with E-state index in [9.17, 15) is 0 Å². The molecule has 1 aromatic rings. The summed E-state index contributed by atoms with van der Waals surface area (Å²) in [5.74, 6) is 0.920. The Kier molecular flexibility index (Phi) is 7.04. The maximum Gasteiger partial charge on any atom is 0.123 e. The molecule has 0 amide bonds. The number of nitriles is 1. The number of ether oxygens (including phenoxy) is 1. The highest BCUT2D eigenvalue weighted by molar-refractivity contribution is 9.10. The fraction of sp³-hybridized carbons (Fsp3) is 0.562. The van der Waals surface area contributed by atoms with E-state index in [0.29, 0.717) is 6.61 Å². The van der Waals surface area contributed by atoms with Crippen molar-refractivity contribution in [3.8, 4) is 11.8 Å². The van der Waals surface area contributed by atoms with Crippen molar-refractivity contribution in [3.05, 3.63) is 28.2 Å². The van der Waals surface area contributed by atoms with Crippen LogP contribution >= 0.6 is 15.9 Å². The fourth-order valence-electron chi connectivity index (χ4n) is 1.84. The molecule has 0 saturated carbocycles. The SMILES string of the molecule is CCNCc1cc(Br)ccc1OCCCC(C)(C)C#N. The van der Waals surface area contributed by atoms with E-state index in [-0.39, 0.29) is 5.41 Å². The summed E-state index contributed by atoms with van der Waals surface area (Å²) in [6.07, 6.45) is 1.74. The van der Waals surface area contributed by atoms with Crippen LogP contribution in [0.1, 0.15) is 39.2 Å². The van der Waals surface area contributed by atoms with Crippen molar-refractivity contribution < 1.29 is 4.74 Å². The molecule has 0 saturated heterocycles. The summed E-state index contributed by atoms with van der Waals surface area (Å²) < 4.78 is 6.92. The molecule has 0 atom stereocenters. The minimum Gasteiger partial charge on any atom is -0.493 e. The highest BCUT2D eigenvalue weighted by atomic mass is 79.9. The van der Waals surface area contributed by atoms with Gasteiger partial charge < -0.3 is 10.1 Å². The lowest BCUT2D eigenvalue weighted by atomic mass is 9.90. The van der Waals surface area contributed by atoms with Crippen molar-refractivity contribution in [3.63, 3.8) is 0 Å². The Morgan fingerprint density at radius 2 is 2.15 bits per heavy atom. The molecule has 1 rings (SSSR count). The van der Waals surface area contributed by atoms with E-state index in [1.807, 2.05) is 26.0 Å². The monoisotopic (exact) mass is 338 g/mol. The lowest BCUT2D eigenvalue weighted by Gasteiger charge is -2.16. The van der Waals surface area contributed by atoms with Crippen LogP contribution in [0.25, 0.3) is 0 Å². The van der Waals surface area contributed by atoms with Gasteiger partial charge in [-0.15, -0.1) is 0 Å². The van der Waals surface area contributed by atoms with Gasteiger partial charge >= 0.3 is 0 Å². The summed E-state index contributed by atoms with van der Waals surface area (Å²) in [7, 11) is 0. The second kappa shape index (κ2) is 8.28. The Balaban J connectivity index is 2.53. The normalized spacial score (nSPS) is 11.2. The Morgan fingerprint density at radius 1 is 1.40 bits per heavy atom. The fourth-order valence-corrected chi connectivity index (χ4v) is 2.25. The summed E-state index contributed by atoms with van der Waals surface area (Å²) in [6, 6.07) is 8.38. The Morgan fingerprint density at radius 3 is 2.80 bits per heavy atom. The van der Waals surface area contributed by atoms with Crippen LogP contribution < -0.4 is 10.1 Å². The second-order valence-electron chi connectivity index (χ2n) is 5.48. The van der Waals surface area contributed by atoms with Crippen LogP contribution in [-0.4, -0.2) is 13.2 Å². The molecule has 0 radical (unpaired) electrons. The third kappa shape index (κ3) is 5.94. The van der Waals surface area contributed by atoms with Gasteiger partial charge in [0.25, 0.3) is 0 Å². The van der Waals surface area contributed by atoms with Crippen molar-refractivity contribution in [2.45, 2.75) is 40.2 Å². The highest BCUT2D eigenvalue weighted by Crippen LogP contribution is 2.25. The summed E-state index contributed by atoms with van der Waals surface area (Å²) in [6.45, 7) is 8.39. The Hall–Kier alpha value is -1.05. The van der Waals surface area contributed by atoms with Crippen LogP contribution in [0.4, 0.5) is 0 Å². The molecule has 20 heavy (non-hydrogen) atoms. The molecule has 3 nitrogen and oxygen atoms in total. The summed E-state index contributed by atoms with van der Waals surface area (Å²) in [5, 5.41) is 12.3. The zero-order valence-corrected chi connectivity index (χ0v) is 14.1. The van der Waals surface area contributed by atoms with Crippen molar-refractivity contribution in [2.24, 2.45) is 5.41 Å². The first kappa shape index (κ1) is 17.0. The van der Waals surface area contributed by atoms with Crippen molar-refractivity contribution in [1.82, 2.24) is 5.32 Å². The average Bonchev–Trinajstić information content (AvgIpc) is 2.43. The molecular weight excluding hydrogens is 316 g/mol. The first-order valence-corrected chi connectivity index (χ1v) is 7.81. The van der Waals surface area contributed by atoms with Crippen LogP contribution in [0.15, 0.2) is 22.7 Å². The molecule has 4 heteroatoms. The van der Waals surface area contributed by atoms with Crippen LogP contribution in [-0.2, 0) is 6.54 Å². The van der Waals surface area contributed by atoms with Crippen molar-refractivity contribution in [2.75, 3.05) is 13.2 Å².